The number of hydrogen-bond acceptors (Lipinski definition) is 2. The van der Waals surface area contributed by atoms with E-state index in [0.29, 0.717) is 5.41 Å². The van der Waals surface area contributed by atoms with Crippen LogP contribution in [0.3, 0.4) is 0 Å². The van der Waals surface area contributed by atoms with Gasteiger partial charge in [-0.1, -0.05) is 32.1 Å². The van der Waals surface area contributed by atoms with Gasteiger partial charge in [-0.2, -0.15) is 0 Å². The zero-order valence-corrected chi connectivity index (χ0v) is 9.74. The molecular formula is C13H21NO2. The molecule has 3 atom stereocenters. The fourth-order valence-electron chi connectivity index (χ4n) is 4.07. The Bertz CT molecular complexity index is 298. The first-order valence-corrected chi connectivity index (χ1v) is 6.67. The van der Waals surface area contributed by atoms with Crippen molar-refractivity contribution in [3.8, 4) is 0 Å². The SMILES string of the molecule is O=C(O)[C@@H]1CC2(CN1)C[C@@H]2C1CCCCC1. The largest absolute Gasteiger partial charge is 0.480 e. The van der Waals surface area contributed by atoms with Gasteiger partial charge < -0.3 is 10.4 Å². The smallest absolute Gasteiger partial charge is 0.320 e. The molecule has 2 aliphatic carbocycles. The van der Waals surface area contributed by atoms with Gasteiger partial charge in [0.15, 0.2) is 0 Å². The highest BCUT2D eigenvalue weighted by Gasteiger charge is 2.60. The van der Waals surface area contributed by atoms with E-state index in [0.717, 1.165) is 24.8 Å². The van der Waals surface area contributed by atoms with E-state index in [1.807, 2.05) is 0 Å². The highest BCUT2D eigenvalue weighted by molar-refractivity contribution is 5.74. The minimum absolute atomic E-state index is 0.270. The lowest BCUT2D eigenvalue weighted by Gasteiger charge is -2.23. The second-order valence-corrected chi connectivity index (χ2v) is 6.05. The van der Waals surface area contributed by atoms with Gasteiger partial charge in [0.25, 0.3) is 0 Å². The molecule has 1 saturated heterocycles. The van der Waals surface area contributed by atoms with Crippen LogP contribution in [0.5, 0.6) is 0 Å². The van der Waals surface area contributed by atoms with Crippen molar-refractivity contribution >= 4 is 5.97 Å². The predicted molar refractivity (Wildman–Crippen MR) is 61.2 cm³/mol. The third-order valence-electron chi connectivity index (χ3n) is 5.08. The topological polar surface area (TPSA) is 49.3 Å². The van der Waals surface area contributed by atoms with Crippen LogP contribution in [0.25, 0.3) is 0 Å². The summed E-state index contributed by atoms with van der Waals surface area (Å²) in [6.45, 7) is 0.950. The van der Waals surface area contributed by atoms with E-state index in [1.54, 1.807) is 0 Å². The molecule has 3 fully saturated rings. The summed E-state index contributed by atoms with van der Waals surface area (Å²) in [6.07, 6.45) is 9.15. The maximum absolute atomic E-state index is 10.9. The maximum atomic E-state index is 10.9. The average Bonchev–Trinajstić information content (AvgIpc) is 2.80. The van der Waals surface area contributed by atoms with Gasteiger partial charge in [-0.15, -0.1) is 0 Å². The molecule has 0 bridgehead atoms. The van der Waals surface area contributed by atoms with Gasteiger partial charge in [-0.05, 0) is 30.1 Å². The molecular weight excluding hydrogens is 202 g/mol. The molecule has 3 aliphatic rings. The van der Waals surface area contributed by atoms with Gasteiger partial charge >= 0.3 is 5.97 Å². The third kappa shape index (κ3) is 1.65. The Kier molecular flexibility index (Phi) is 2.46. The van der Waals surface area contributed by atoms with Crippen LogP contribution in [-0.4, -0.2) is 23.7 Å². The van der Waals surface area contributed by atoms with Crippen LogP contribution in [0.4, 0.5) is 0 Å². The molecule has 0 aromatic heterocycles. The summed E-state index contributed by atoms with van der Waals surface area (Å²) < 4.78 is 0. The van der Waals surface area contributed by atoms with Crippen molar-refractivity contribution < 1.29 is 9.90 Å². The monoisotopic (exact) mass is 223 g/mol. The zero-order chi connectivity index (χ0) is 11.2. The van der Waals surface area contributed by atoms with Gasteiger partial charge in [-0.25, -0.2) is 0 Å². The Morgan fingerprint density at radius 2 is 1.94 bits per heavy atom. The first kappa shape index (κ1) is 10.6. The number of nitrogens with one attached hydrogen (secondary N) is 1. The molecule has 0 radical (unpaired) electrons. The Morgan fingerprint density at radius 3 is 2.56 bits per heavy atom. The van der Waals surface area contributed by atoms with Gasteiger partial charge in [0.05, 0.1) is 0 Å². The minimum Gasteiger partial charge on any atom is -0.480 e. The van der Waals surface area contributed by atoms with Crippen molar-refractivity contribution in [3.63, 3.8) is 0 Å². The molecule has 0 amide bonds. The van der Waals surface area contributed by atoms with Crippen molar-refractivity contribution in [2.45, 2.75) is 51.0 Å². The van der Waals surface area contributed by atoms with Gasteiger partial charge in [0.2, 0.25) is 0 Å². The molecule has 1 spiro atoms. The summed E-state index contributed by atoms with van der Waals surface area (Å²) in [6, 6.07) is -0.270. The minimum atomic E-state index is -0.661. The van der Waals surface area contributed by atoms with Crippen LogP contribution in [0.2, 0.25) is 0 Å². The standard InChI is InChI=1S/C13H21NO2/c15-12(16)11-7-13(8-14-11)6-10(13)9-4-2-1-3-5-9/h9-11,14H,1-8H2,(H,15,16)/t10-,11+,13?/m1/s1. The van der Waals surface area contributed by atoms with Crippen molar-refractivity contribution in [1.82, 2.24) is 5.32 Å². The highest BCUT2D eigenvalue weighted by atomic mass is 16.4. The summed E-state index contributed by atoms with van der Waals surface area (Å²) in [5.74, 6) is 1.08. The molecule has 16 heavy (non-hydrogen) atoms. The van der Waals surface area contributed by atoms with E-state index >= 15 is 0 Å². The molecule has 90 valence electrons. The number of aliphatic carboxylic acids is 1. The summed E-state index contributed by atoms with van der Waals surface area (Å²) in [5.41, 5.74) is 0.380. The lowest BCUT2D eigenvalue weighted by atomic mass is 9.82. The van der Waals surface area contributed by atoms with E-state index < -0.39 is 5.97 Å². The molecule has 3 rings (SSSR count). The molecule has 3 heteroatoms. The number of carbonyl (C=O) groups is 1. The first-order valence-electron chi connectivity index (χ1n) is 6.67. The lowest BCUT2D eigenvalue weighted by molar-refractivity contribution is -0.139. The Balaban J connectivity index is 1.60. The third-order valence-corrected chi connectivity index (χ3v) is 5.08. The number of rotatable bonds is 2. The van der Waals surface area contributed by atoms with Crippen LogP contribution < -0.4 is 5.32 Å². The Morgan fingerprint density at radius 1 is 1.19 bits per heavy atom. The summed E-state index contributed by atoms with van der Waals surface area (Å²) in [7, 11) is 0. The summed E-state index contributed by atoms with van der Waals surface area (Å²) >= 11 is 0. The van der Waals surface area contributed by atoms with Crippen LogP contribution in [-0.2, 0) is 4.79 Å². The average molecular weight is 223 g/mol. The van der Waals surface area contributed by atoms with E-state index in [9.17, 15) is 4.79 Å². The second kappa shape index (κ2) is 3.73. The second-order valence-electron chi connectivity index (χ2n) is 6.05. The van der Waals surface area contributed by atoms with Gasteiger partial charge in [0, 0.05) is 6.54 Å². The van der Waals surface area contributed by atoms with E-state index in [1.165, 1.54) is 38.5 Å². The molecule has 3 nitrogen and oxygen atoms in total. The maximum Gasteiger partial charge on any atom is 0.320 e. The molecule has 1 aliphatic heterocycles. The molecule has 1 heterocycles. The fourth-order valence-corrected chi connectivity index (χ4v) is 4.07. The van der Waals surface area contributed by atoms with Crippen molar-refractivity contribution in [3.05, 3.63) is 0 Å². The summed E-state index contributed by atoms with van der Waals surface area (Å²) in [4.78, 5) is 10.9. The van der Waals surface area contributed by atoms with Gasteiger partial charge in [-0.3, -0.25) is 4.79 Å². The summed E-state index contributed by atoms with van der Waals surface area (Å²) in [5, 5.41) is 12.2. The van der Waals surface area contributed by atoms with Crippen LogP contribution in [0.1, 0.15) is 44.9 Å². The van der Waals surface area contributed by atoms with E-state index in [2.05, 4.69) is 5.32 Å². The highest BCUT2D eigenvalue weighted by Crippen LogP contribution is 2.63. The quantitative estimate of drug-likeness (QED) is 0.753. The van der Waals surface area contributed by atoms with Crippen LogP contribution in [0.15, 0.2) is 0 Å². The molecule has 0 aromatic rings. The van der Waals surface area contributed by atoms with Crippen molar-refractivity contribution in [2.24, 2.45) is 17.3 Å². The predicted octanol–water partition coefficient (Wildman–Crippen LogP) is 2.02. The lowest BCUT2D eigenvalue weighted by Crippen LogP contribution is -2.29. The molecule has 1 unspecified atom stereocenters. The van der Waals surface area contributed by atoms with Crippen LogP contribution >= 0.6 is 0 Å². The van der Waals surface area contributed by atoms with Crippen molar-refractivity contribution in [1.29, 1.82) is 0 Å². The number of hydrogen-bond donors (Lipinski definition) is 2. The normalized spacial score (nSPS) is 43.8. The van der Waals surface area contributed by atoms with Crippen molar-refractivity contribution in [2.75, 3.05) is 6.54 Å². The van der Waals surface area contributed by atoms with Gasteiger partial charge in [0.1, 0.15) is 6.04 Å². The fraction of sp³-hybridized carbons (Fsp3) is 0.923. The number of carboxylic acid groups (broad SMARTS) is 1. The first-order chi connectivity index (χ1) is 7.71. The van der Waals surface area contributed by atoms with Crippen LogP contribution in [0, 0.1) is 17.3 Å². The Hall–Kier alpha value is -0.570. The molecule has 0 aromatic carbocycles. The van der Waals surface area contributed by atoms with E-state index in [4.69, 9.17) is 5.11 Å². The Labute approximate surface area is 96.6 Å². The van der Waals surface area contributed by atoms with E-state index in [-0.39, 0.29) is 6.04 Å². The number of carboxylic acids is 1. The zero-order valence-electron chi connectivity index (χ0n) is 9.74. The molecule has 2 N–H and O–H groups in total. The molecule has 2 saturated carbocycles.